The van der Waals surface area contributed by atoms with Crippen molar-refractivity contribution in [1.29, 1.82) is 0 Å². The summed E-state index contributed by atoms with van der Waals surface area (Å²) in [6, 6.07) is 13.0. The highest BCUT2D eigenvalue weighted by Gasteiger charge is 2.08. The van der Waals surface area contributed by atoms with Gasteiger partial charge < -0.3 is 15.9 Å². The van der Waals surface area contributed by atoms with Crippen LogP contribution in [0.5, 0.6) is 0 Å². The fraction of sp³-hybridized carbons (Fsp3) is 0.118. The van der Waals surface area contributed by atoms with Crippen LogP contribution in [0.25, 0.3) is 0 Å². The van der Waals surface area contributed by atoms with Crippen LogP contribution in [0.15, 0.2) is 53.7 Å². The topological polar surface area (TPSA) is 93.8 Å². The van der Waals surface area contributed by atoms with Crippen molar-refractivity contribution in [3.05, 3.63) is 69.7 Å². The van der Waals surface area contributed by atoms with Gasteiger partial charge in [-0.05, 0) is 48.5 Å². The van der Waals surface area contributed by atoms with Gasteiger partial charge in [-0.15, -0.1) is 0 Å². The molecule has 1 amide bonds. The van der Waals surface area contributed by atoms with Crippen LogP contribution in [0.1, 0.15) is 22.3 Å². The maximum absolute atomic E-state index is 11.9. The van der Waals surface area contributed by atoms with Crippen LogP contribution in [0.2, 0.25) is 10.0 Å². The summed E-state index contributed by atoms with van der Waals surface area (Å²) in [7, 11) is 0. The van der Waals surface area contributed by atoms with Gasteiger partial charge in [0.05, 0.1) is 6.42 Å². The Bertz CT molecular complexity index is 775. The lowest BCUT2D eigenvalue weighted by atomic mass is 10.2. The van der Waals surface area contributed by atoms with Gasteiger partial charge in [0.15, 0.2) is 5.84 Å². The Morgan fingerprint density at radius 2 is 1.48 bits per heavy atom. The number of nitrogens with zero attached hydrogens (tertiary/aromatic N) is 1. The summed E-state index contributed by atoms with van der Waals surface area (Å²) in [5.41, 5.74) is 6.73. The number of nitrogens with one attached hydrogen (secondary N) is 1. The molecule has 0 unspecified atom stereocenters. The molecule has 0 spiro atoms. The first-order chi connectivity index (χ1) is 12.0. The summed E-state index contributed by atoms with van der Waals surface area (Å²) < 4.78 is 0. The zero-order valence-corrected chi connectivity index (χ0v) is 14.6. The first kappa shape index (κ1) is 18.8. The maximum Gasteiger partial charge on any atom is 0.336 e. The standard InChI is InChI=1S/C17H15Cl2N3O3/c18-13-5-1-11(2-6-13)16(20)22-25-15(23)9-10-21-17(24)12-3-7-14(19)8-4-12/h1-8H,9-10H2,(H2,20,22)(H,21,24). The van der Waals surface area contributed by atoms with E-state index in [1.165, 1.54) is 0 Å². The minimum Gasteiger partial charge on any atom is -0.380 e. The molecule has 2 aromatic rings. The molecule has 0 aromatic heterocycles. The van der Waals surface area contributed by atoms with Gasteiger partial charge in [-0.3, -0.25) is 4.79 Å². The number of amidine groups is 1. The molecule has 2 rings (SSSR count). The van der Waals surface area contributed by atoms with Crippen LogP contribution in [0.3, 0.4) is 0 Å². The number of hydrogen-bond donors (Lipinski definition) is 2. The molecule has 0 bridgehead atoms. The number of hydrogen-bond acceptors (Lipinski definition) is 4. The van der Waals surface area contributed by atoms with Crippen molar-refractivity contribution >= 4 is 40.9 Å². The molecule has 0 aliphatic heterocycles. The van der Waals surface area contributed by atoms with Crippen molar-refractivity contribution in [2.45, 2.75) is 6.42 Å². The SMILES string of the molecule is N/C(=N/OC(=O)CCNC(=O)c1ccc(Cl)cc1)c1ccc(Cl)cc1. The van der Waals surface area contributed by atoms with E-state index in [0.29, 0.717) is 21.2 Å². The highest BCUT2D eigenvalue weighted by molar-refractivity contribution is 6.31. The quantitative estimate of drug-likeness (QED) is 0.349. The van der Waals surface area contributed by atoms with Crippen LogP contribution in [-0.2, 0) is 9.63 Å². The number of carbonyl (C=O) groups excluding carboxylic acids is 2. The van der Waals surface area contributed by atoms with E-state index in [9.17, 15) is 9.59 Å². The van der Waals surface area contributed by atoms with Crippen LogP contribution >= 0.6 is 23.2 Å². The third-order valence-corrected chi connectivity index (χ3v) is 3.61. The van der Waals surface area contributed by atoms with E-state index < -0.39 is 5.97 Å². The number of amides is 1. The van der Waals surface area contributed by atoms with Gasteiger partial charge in [0.2, 0.25) is 0 Å². The van der Waals surface area contributed by atoms with Gasteiger partial charge >= 0.3 is 5.97 Å². The predicted molar refractivity (Wildman–Crippen MR) is 96.7 cm³/mol. The van der Waals surface area contributed by atoms with Gasteiger partial charge in [-0.1, -0.05) is 28.4 Å². The molecular formula is C17H15Cl2N3O3. The minimum absolute atomic E-state index is 0.0449. The van der Waals surface area contributed by atoms with Gasteiger partial charge in [-0.25, -0.2) is 4.79 Å². The summed E-state index contributed by atoms with van der Waals surface area (Å²) in [5, 5.41) is 7.26. The first-order valence-corrected chi connectivity index (χ1v) is 8.04. The van der Waals surface area contributed by atoms with E-state index >= 15 is 0 Å². The Morgan fingerprint density at radius 3 is 2.04 bits per heavy atom. The number of halogens is 2. The number of rotatable bonds is 6. The molecule has 0 atom stereocenters. The summed E-state index contributed by atoms with van der Waals surface area (Å²) in [6.45, 7) is 0.108. The van der Waals surface area contributed by atoms with Crippen molar-refractivity contribution in [2.24, 2.45) is 10.9 Å². The zero-order valence-electron chi connectivity index (χ0n) is 13.0. The van der Waals surface area contributed by atoms with Crippen LogP contribution < -0.4 is 11.1 Å². The smallest absolute Gasteiger partial charge is 0.336 e. The molecule has 6 nitrogen and oxygen atoms in total. The van der Waals surface area contributed by atoms with E-state index in [4.69, 9.17) is 33.8 Å². The molecule has 0 heterocycles. The Labute approximate surface area is 154 Å². The third-order valence-electron chi connectivity index (χ3n) is 3.11. The van der Waals surface area contributed by atoms with E-state index in [0.717, 1.165) is 0 Å². The second-order valence-corrected chi connectivity index (χ2v) is 5.83. The van der Waals surface area contributed by atoms with E-state index in [1.807, 2.05) is 0 Å². The van der Waals surface area contributed by atoms with E-state index in [-0.39, 0.29) is 24.7 Å². The average Bonchev–Trinajstić information content (AvgIpc) is 2.60. The molecule has 25 heavy (non-hydrogen) atoms. The molecule has 0 saturated carbocycles. The molecule has 0 saturated heterocycles. The molecule has 3 N–H and O–H groups in total. The molecule has 2 aromatic carbocycles. The van der Waals surface area contributed by atoms with Crippen LogP contribution in [-0.4, -0.2) is 24.3 Å². The predicted octanol–water partition coefficient (Wildman–Crippen LogP) is 2.98. The number of carbonyl (C=O) groups is 2. The van der Waals surface area contributed by atoms with Crippen molar-refractivity contribution in [3.8, 4) is 0 Å². The molecule has 8 heteroatoms. The minimum atomic E-state index is -0.617. The highest BCUT2D eigenvalue weighted by Crippen LogP contribution is 2.10. The maximum atomic E-state index is 11.9. The van der Waals surface area contributed by atoms with Crippen molar-refractivity contribution < 1.29 is 14.4 Å². The molecule has 0 aliphatic carbocycles. The van der Waals surface area contributed by atoms with Gasteiger partial charge in [0.25, 0.3) is 5.91 Å². The fourth-order valence-corrected chi connectivity index (χ4v) is 2.05. The molecule has 0 fully saturated rings. The second-order valence-electron chi connectivity index (χ2n) is 4.96. The van der Waals surface area contributed by atoms with Crippen molar-refractivity contribution in [1.82, 2.24) is 5.32 Å². The Morgan fingerprint density at radius 1 is 0.960 bits per heavy atom. The average molecular weight is 380 g/mol. The summed E-state index contributed by atoms with van der Waals surface area (Å²) in [6.07, 6.45) is -0.0449. The molecular weight excluding hydrogens is 365 g/mol. The van der Waals surface area contributed by atoms with Crippen molar-refractivity contribution in [3.63, 3.8) is 0 Å². The lowest BCUT2D eigenvalue weighted by Gasteiger charge is -2.04. The Balaban J connectivity index is 1.76. The monoisotopic (exact) mass is 379 g/mol. The summed E-state index contributed by atoms with van der Waals surface area (Å²) in [5.74, 6) is -0.878. The largest absolute Gasteiger partial charge is 0.380 e. The molecule has 130 valence electrons. The van der Waals surface area contributed by atoms with E-state index in [1.54, 1.807) is 48.5 Å². The zero-order chi connectivity index (χ0) is 18.2. The number of nitrogens with two attached hydrogens (primary N) is 1. The van der Waals surface area contributed by atoms with Gasteiger partial charge in [0, 0.05) is 27.7 Å². The molecule has 0 aliphatic rings. The van der Waals surface area contributed by atoms with Gasteiger partial charge in [-0.2, -0.15) is 0 Å². The summed E-state index contributed by atoms with van der Waals surface area (Å²) >= 11 is 11.5. The lowest BCUT2D eigenvalue weighted by Crippen LogP contribution is -2.26. The second kappa shape index (κ2) is 9.05. The fourth-order valence-electron chi connectivity index (χ4n) is 1.80. The van der Waals surface area contributed by atoms with Crippen molar-refractivity contribution in [2.75, 3.05) is 6.54 Å². The summed E-state index contributed by atoms with van der Waals surface area (Å²) in [4.78, 5) is 28.2. The highest BCUT2D eigenvalue weighted by atomic mass is 35.5. The van der Waals surface area contributed by atoms with Crippen LogP contribution in [0.4, 0.5) is 0 Å². The number of benzene rings is 2. The number of oxime groups is 1. The van der Waals surface area contributed by atoms with E-state index in [2.05, 4.69) is 10.5 Å². The van der Waals surface area contributed by atoms with Gasteiger partial charge in [0.1, 0.15) is 0 Å². The Hall–Kier alpha value is -2.57. The lowest BCUT2D eigenvalue weighted by molar-refractivity contribution is -0.143. The third kappa shape index (κ3) is 6.10. The first-order valence-electron chi connectivity index (χ1n) is 7.29. The normalized spacial score (nSPS) is 11.0. The molecule has 0 radical (unpaired) electrons. The Kier molecular flexibility index (Phi) is 6.80. The van der Waals surface area contributed by atoms with Crippen LogP contribution in [0, 0.1) is 0 Å².